The molecule has 1 saturated heterocycles. The number of aliphatic hydroxyl groups is 1. The number of aliphatic hydroxyl groups excluding tert-OH is 1. The van der Waals surface area contributed by atoms with Gasteiger partial charge in [-0.15, -0.1) is 0 Å². The Balaban J connectivity index is 1.65. The number of nitrogens with zero attached hydrogens (tertiary/aromatic N) is 1. The molecular formula is C17H28N2O. The molecule has 0 saturated carbocycles. The molecular weight excluding hydrogens is 248 g/mol. The molecule has 1 atom stereocenters. The zero-order chi connectivity index (χ0) is 14.2. The molecule has 2 N–H and O–H groups in total. The Morgan fingerprint density at radius 2 is 1.95 bits per heavy atom. The molecule has 1 fully saturated rings. The molecule has 3 heteroatoms. The first-order chi connectivity index (χ1) is 9.78. The number of piperidine rings is 1. The second kappa shape index (κ2) is 8.40. The number of hydrogen-bond acceptors (Lipinski definition) is 3. The van der Waals surface area contributed by atoms with Gasteiger partial charge in [-0.1, -0.05) is 43.7 Å². The van der Waals surface area contributed by atoms with Gasteiger partial charge in [0.25, 0.3) is 0 Å². The van der Waals surface area contributed by atoms with E-state index in [-0.39, 0.29) is 6.10 Å². The molecule has 2 rings (SSSR count). The Labute approximate surface area is 123 Å². The highest BCUT2D eigenvalue weighted by Crippen LogP contribution is 2.14. The predicted molar refractivity (Wildman–Crippen MR) is 83.7 cm³/mol. The van der Waals surface area contributed by atoms with Crippen molar-refractivity contribution in [1.29, 1.82) is 0 Å². The third-order valence-corrected chi connectivity index (χ3v) is 4.10. The SMILES string of the molecule is CCCC(O)CNC1CCN(Cc2ccccc2)CC1. The summed E-state index contributed by atoms with van der Waals surface area (Å²) in [6.07, 6.45) is 4.15. The van der Waals surface area contributed by atoms with E-state index in [1.54, 1.807) is 0 Å². The number of benzene rings is 1. The van der Waals surface area contributed by atoms with E-state index in [9.17, 15) is 5.11 Å². The number of nitrogens with one attached hydrogen (secondary N) is 1. The van der Waals surface area contributed by atoms with Gasteiger partial charge in [0.1, 0.15) is 0 Å². The fraction of sp³-hybridized carbons (Fsp3) is 0.647. The van der Waals surface area contributed by atoms with E-state index in [0.29, 0.717) is 6.04 Å². The third kappa shape index (κ3) is 5.23. The predicted octanol–water partition coefficient (Wildman–Crippen LogP) is 2.40. The first-order valence-electron chi connectivity index (χ1n) is 7.95. The van der Waals surface area contributed by atoms with Crippen LogP contribution in [-0.4, -0.2) is 41.8 Å². The summed E-state index contributed by atoms with van der Waals surface area (Å²) >= 11 is 0. The van der Waals surface area contributed by atoms with Crippen molar-refractivity contribution in [1.82, 2.24) is 10.2 Å². The molecule has 3 nitrogen and oxygen atoms in total. The fourth-order valence-electron chi connectivity index (χ4n) is 2.87. The molecule has 1 aromatic rings. The maximum atomic E-state index is 9.75. The summed E-state index contributed by atoms with van der Waals surface area (Å²) in [5.74, 6) is 0. The minimum atomic E-state index is -0.178. The maximum absolute atomic E-state index is 9.75. The van der Waals surface area contributed by atoms with Crippen molar-refractivity contribution in [3.05, 3.63) is 35.9 Å². The summed E-state index contributed by atoms with van der Waals surface area (Å²) in [6, 6.07) is 11.3. The van der Waals surface area contributed by atoms with Crippen LogP contribution in [-0.2, 0) is 6.54 Å². The van der Waals surface area contributed by atoms with Gasteiger partial charge in [0.05, 0.1) is 6.10 Å². The van der Waals surface area contributed by atoms with Crippen LogP contribution in [0, 0.1) is 0 Å². The normalized spacial score (nSPS) is 19.1. The van der Waals surface area contributed by atoms with Crippen LogP contribution in [0.25, 0.3) is 0 Å². The van der Waals surface area contributed by atoms with Gasteiger partial charge in [0.15, 0.2) is 0 Å². The van der Waals surface area contributed by atoms with Gasteiger partial charge >= 0.3 is 0 Å². The van der Waals surface area contributed by atoms with E-state index in [2.05, 4.69) is 47.5 Å². The largest absolute Gasteiger partial charge is 0.392 e. The van der Waals surface area contributed by atoms with Crippen molar-refractivity contribution in [2.45, 2.75) is 51.3 Å². The van der Waals surface area contributed by atoms with Crippen LogP contribution in [0.1, 0.15) is 38.2 Å². The Hall–Kier alpha value is -0.900. The van der Waals surface area contributed by atoms with Crippen molar-refractivity contribution >= 4 is 0 Å². The van der Waals surface area contributed by atoms with Crippen LogP contribution in [0.3, 0.4) is 0 Å². The average molecular weight is 276 g/mol. The standard InChI is InChI=1S/C17H28N2O/c1-2-6-17(20)13-18-16-9-11-19(12-10-16)14-15-7-4-3-5-8-15/h3-5,7-8,16-18,20H,2,6,9-14H2,1H3. The van der Waals surface area contributed by atoms with E-state index in [1.807, 2.05) is 0 Å². The van der Waals surface area contributed by atoms with Gasteiger partial charge in [-0.25, -0.2) is 0 Å². The molecule has 112 valence electrons. The summed E-state index contributed by atoms with van der Waals surface area (Å²) < 4.78 is 0. The Morgan fingerprint density at radius 3 is 2.60 bits per heavy atom. The van der Waals surface area contributed by atoms with Gasteiger partial charge in [0.2, 0.25) is 0 Å². The van der Waals surface area contributed by atoms with Gasteiger partial charge < -0.3 is 10.4 Å². The molecule has 0 bridgehead atoms. The summed E-state index contributed by atoms with van der Waals surface area (Å²) in [5.41, 5.74) is 1.40. The zero-order valence-electron chi connectivity index (χ0n) is 12.6. The van der Waals surface area contributed by atoms with Crippen molar-refractivity contribution in [2.24, 2.45) is 0 Å². The second-order valence-electron chi connectivity index (χ2n) is 5.89. The highest BCUT2D eigenvalue weighted by molar-refractivity contribution is 5.14. The van der Waals surface area contributed by atoms with Gasteiger partial charge in [-0.05, 0) is 37.9 Å². The summed E-state index contributed by atoms with van der Waals surface area (Å²) in [5, 5.41) is 13.3. The van der Waals surface area contributed by atoms with Crippen LogP contribution in [0.4, 0.5) is 0 Å². The molecule has 1 aliphatic heterocycles. The van der Waals surface area contributed by atoms with Crippen molar-refractivity contribution < 1.29 is 5.11 Å². The number of rotatable bonds is 7. The van der Waals surface area contributed by atoms with Gasteiger partial charge in [-0.2, -0.15) is 0 Å². The molecule has 1 aromatic carbocycles. The van der Waals surface area contributed by atoms with E-state index in [4.69, 9.17) is 0 Å². The monoisotopic (exact) mass is 276 g/mol. The number of likely N-dealkylation sites (tertiary alicyclic amines) is 1. The molecule has 0 radical (unpaired) electrons. The summed E-state index contributed by atoms with van der Waals surface area (Å²) in [6.45, 7) is 6.22. The molecule has 1 aliphatic rings. The smallest absolute Gasteiger partial charge is 0.0664 e. The second-order valence-corrected chi connectivity index (χ2v) is 5.89. The van der Waals surface area contributed by atoms with Crippen molar-refractivity contribution in [3.8, 4) is 0 Å². The lowest BCUT2D eigenvalue weighted by molar-refractivity contribution is 0.141. The molecule has 20 heavy (non-hydrogen) atoms. The number of hydrogen-bond donors (Lipinski definition) is 2. The maximum Gasteiger partial charge on any atom is 0.0664 e. The Bertz CT molecular complexity index is 361. The first kappa shape index (κ1) is 15.5. The van der Waals surface area contributed by atoms with Crippen molar-refractivity contribution in [3.63, 3.8) is 0 Å². The van der Waals surface area contributed by atoms with Crippen LogP contribution < -0.4 is 5.32 Å². The molecule has 1 heterocycles. The Morgan fingerprint density at radius 1 is 1.25 bits per heavy atom. The summed E-state index contributed by atoms with van der Waals surface area (Å²) in [7, 11) is 0. The molecule has 0 aromatic heterocycles. The van der Waals surface area contributed by atoms with Crippen LogP contribution in [0.15, 0.2) is 30.3 Å². The fourth-order valence-corrected chi connectivity index (χ4v) is 2.87. The van der Waals surface area contributed by atoms with E-state index in [1.165, 1.54) is 18.4 Å². The topological polar surface area (TPSA) is 35.5 Å². The lowest BCUT2D eigenvalue weighted by Crippen LogP contribution is -2.44. The van der Waals surface area contributed by atoms with E-state index < -0.39 is 0 Å². The molecule has 1 unspecified atom stereocenters. The minimum Gasteiger partial charge on any atom is -0.392 e. The van der Waals surface area contributed by atoms with Crippen LogP contribution in [0.2, 0.25) is 0 Å². The summed E-state index contributed by atoms with van der Waals surface area (Å²) in [4.78, 5) is 2.52. The Kier molecular flexibility index (Phi) is 6.51. The highest BCUT2D eigenvalue weighted by Gasteiger charge is 2.19. The first-order valence-corrected chi connectivity index (χ1v) is 7.95. The van der Waals surface area contributed by atoms with Crippen molar-refractivity contribution in [2.75, 3.05) is 19.6 Å². The van der Waals surface area contributed by atoms with Gasteiger partial charge in [0, 0.05) is 19.1 Å². The molecule has 0 spiro atoms. The average Bonchev–Trinajstić information content (AvgIpc) is 2.48. The lowest BCUT2D eigenvalue weighted by atomic mass is 10.0. The van der Waals surface area contributed by atoms with Gasteiger partial charge in [-0.3, -0.25) is 4.90 Å². The van der Waals surface area contributed by atoms with E-state index >= 15 is 0 Å². The van der Waals surface area contributed by atoms with E-state index in [0.717, 1.165) is 39.0 Å². The minimum absolute atomic E-state index is 0.178. The van der Waals surface area contributed by atoms with Crippen LogP contribution >= 0.6 is 0 Å². The molecule has 0 amide bonds. The zero-order valence-corrected chi connectivity index (χ0v) is 12.6. The quantitative estimate of drug-likeness (QED) is 0.803. The highest BCUT2D eigenvalue weighted by atomic mass is 16.3. The molecule has 0 aliphatic carbocycles. The van der Waals surface area contributed by atoms with Crippen LogP contribution in [0.5, 0.6) is 0 Å². The lowest BCUT2D eigenvalue weighted by Gasteiger charge is -2.33. The third-order valence-electron chi connectivity index (χ3n) is 4.10.